The fraction of sp³-hybridized carbons (Fsp3) is 0.200. The zero-order chi connectivity index (χ0) is 11.4. The molecule has 0 saturated heterocycles. The summed E-state index contributed by atoms with van der Waals surface area (Å²) in [6.07, 6.45) is 4.90. The van der Waals surface area contributed by atoms with E-state index in [1.807, 2.05) is 18.2 Å². The Hall–Kier alpha value is -2.26. The van der Waals surface area contributed by atoms with Gasteiger partial charge in [0.2, 0.25) is 0 Å². The third kappa shape index (κ3) is 1.89. The van der Waals surface area contributed by atoms with Gasteiger partial charge in [-0.15, -0.1) is 5.10 Å². The molecule has 2 aromatic rings. The van der Waals surface area contributed by atoms with Gasteiger partial charge < -0.3 is 5.73 Å². The molecule has 0 aliphatic heterocycles. The summed E-state index contributed by atoms with van der Waals surface area (Å²) in [6, 6.07) is 5.50. The van der Waals surface area contributed by atoms with Crippen molar-refractivity contribution in [3.63, 3.8) is 0 Å². The van der Waals surface area contributed by atoms with E-state index in [0.717, 1.165) is 5.56 Å². The van der Waals surface area contributed by atoms with Crippen LogP contribution in [0.3, 0.4) is 0 Å². The highest BCUT2D eigenvalue weighted by molar-refractivity contribution is 5.17. The lowest BCUT2D eigenvalue weighted by atomic mass is 10.1. The first-order valence-electron chi connectivity index (χ1n) is 4.76. The Kier molecular flexibility index (Phi) is 2.89. The highest BCUT2D eigenvalue weighted by Crippen LogP contribution is 2.14. The lowest BCUT2D eigenvalue weighted by Crippen LogP contribution is -2.21. The second kappa shape index (κ2) is 4.51. The summed E-state index contributed by atoms with van der Waals surface area (Å²) in [5.74, 6) is 0.146. The van der Waals surface area contributed by atoms with Gasteiger partial charge in [0.25, 0.3) is 5.82 Å². The molecular weight excluding hydrogens is 204 g/mol. The number of rotatable bonds is 3. The quantitative estimate of drug-likeness (QED) is 0.781. The first kappa shape index (κ1) is 10.3. The smallest absolute Gasteiger partial charge is 0.252 e. The molecule has 6 nitrogen and oxygen atoms in total. The Morgan fingerprint density at radius 1 is 1.44 bits per heavy atom. The van der Waals surface area contributed by atoms with Gasteiger partial charge >= 0.3 is 0 Å². The summed E-state index contributed by atoms with van der Waals surface area (Å²) in [7, 11) is 0. The molecule has 0 amide bonds. The van der Waals surface area contributed by atoms with E-state index < -0.39 is 0 Å². The standard InChI is InChI=1S/C10H10N6/c11-5-9(8-1-3-13-4-2-8)16-7-14-10(6-12)15-16/h1-4,7,9H,5,11H2. The number of pyridine rings is 1. The molecule has 2 N–H and O–H groups in total. The molecule has 6 heteroatoms. The Morgan fingerprint density at radius 3 is 2.75 bits per heavy atom. The Morgan fingerprint density at radius 2 is 2.19 bits per heavy atom. The first-order valence-corrected chi connectivity index (χ1v) is 4.76. The van der Waals surface area contributed by atoms with Crippen LogP contribution in [0.15, 0.2) is 30.9 Å². The zero-order valence-corrected chi connectivity index (χ0v) is 8.48. The SMILES string of the molecule is N#Cc1ncn(C(CN)c2ccncc2)n1. The molecule has 1 unspecified atom stereocenters. The predicted molar refractivity (Wildman–Crippen MR) is 56.2 cm³/mol. The molecule has 0 aliphatic rings. The second-order valence-corrected chi connectivity index (χ2v) is 3.19. The maximum absolute atomic E-state index is 8.65. The Balaban J connectivity index is 2.34. The average Bonchev–Trinajstić information content (AvgIpc) is 2.80. The minimum absolute atomic E-state index is 0.113. The summed E-state index contributed by atoms with van der Waals surface area (Å²) in [4.78, 5) is 7.79. The van der Waals surface area contributed by atoms with E-state index >= 15 is 0 Å². The van der Waals surface area contributed by atoms with Crippen molar-refractivity contribution < 1.29 is 0 Å². The van der Waals surface area contributed by atoms with Crippen molar-refractivity contribution in [2.24, 2.45) is 5.73 Å². The molecule has 80 valence electrons. The van der Waals surface area contributed by atoms with E-state index in [9.17, 15) is 0 Å². The molecule has 2 heterocycles. The van der Waals surface area contributed by atoms with Crippen LogP contribution in [-0.4, -0.2) is 26.3 Å². The molecule has 2 aromatic heterocycles. The van der Waals surface area contributed by atoms with Gasteiger partial charge in [-0.3, -0.25) is 4.98 Å². The summed E-state index contributed by atoms with van der Waals surface area (Å²) < 4.78 is 1.59. The Bertz CT molecular complexity index is 498. The maximum atomic E-state index is 8.65. The average molecular weight is 214 g/mol. The topological polar surface area (TPSA) is 93.4 Å². The fourth-order valence-electron chi connectivity index (χ4n) is 1.46. The molecule has 0 aliphatic carbocycles. The Labute approximate surface area is 92.4 Å². The molecule has 16 heavy (non-hydrogen) atoms. The van der Waals surface area contributed by atoms with E-state index in [1.165, 1.54) is 6.33 Å². The molecule has 1 atom stereocenters. The van der Waals surface area contributed by atoms with Crippen molar-refractivity contribution >= 4 is 0 Å². The van der Waals surface area contributed by atoms with Gasteiger partial charge in [-0.2, -0.15) is 5.26 Å². The molecule has 0 aromatic carbocycles. The van der Waals surface area contributed by atoms with Crippen LogP contribution in [0.2, 0.25) is 0 Å². The van der Waals surface area contributed by atoms with Crippen molar-refractivity contribution in [3.8, 4) is 6.07 Å². The number of hydrogen-bond donors (Lipinski definition) is 1. The normalized spacial score (nSPS) is 12.0. The summed E-state index contributed by atoms with van der Waals surface area (Å²) in [5.41, 5.74) is 6.69. The number of nitrogens with zero attached hydrogens (tertiary/aromatic N) is 5. The number of nitriles is 1. The van der Waals surface area contributed by atoms with Crippen LogP contribution in [-0.2, 0) is 0 Å². The third-order valence-corrected chi connectivity index (χ3v) is 2.24. The van der Waals surface area contributed by atoms with E-state index in [-0.39, 0.29) is 11.9 Å². The van der Waals surface area contributed by atoms with Crippen molar-refractivity contribution in [2.45, 2.75) is 6.04 Å². The van der Waals surface area contributed by atoms with Crippen LogP contribution in [0.4, 0.5) is 0 Å². The van der Waals surface area contributed by atoms with Gasteiger partial charge in [0, 0.05) is 18.9 Å². The van der Waals surface area contributed by atoms with E-state index in [4.69, 9.17) is 11.0 Å². The molecule has 0 saturated carbocycles. The summed E-state index contributed by atoms with van der Waals surface area (Å²) in [5, 5.41) is 12.7. The van der Waals surface area contributed by atoms with Gasteiger partial charge in [0.1, 0.15) is 12.4 Å². The van der Waals surface area contributed by atoms with Crippen LogP contribution in [0.25, 0.3) is 0 Å². The van der Waals surface area contributed by atoms with Crippen molar-refractivity contribution in [1.82, 2.24) is 19.7 Å². The summed E-state index contributed by atoms with van der Waals surface area (Å²) in [6.45, 7) is 0.387. The van der Waals surface area contributed by atoms with Gasteiger partial charge in [-0.1, -0.05) is 0 Å². The molecule has 0 spiro atoms. The number of nitrogens with two attached hydrogens (primary N) is 1. The maximum Gasteiger partial charge on any atom is 0.252 e. The third-order valence-electron chi connectivity index (χ3n) is 2.24. The van der Waals surface area contributed by atoms with Crippen molar-refractivity contribution in [1.29, 1.82) is 5.26 Å². The van der Waals surface area contributed by atoms with Crippen LogP contribution in [0.5, 0.6) is 0 Å². The lowest BCUT2D eigenvalue weighted by molar-refractivity contribution is 0.529. The van der Waals surface area contributed by atoms with E-state index in [0.29, 0.717) is 6.54 Å². The molecular formula is C10H10N6. The zero-order valence-electron chi connectivity index (χ0n) is 8.48. The first-order chi connectivity index (χ1) is 7.85. The highest BCUT2D eigenvalue weighted by Gasteiger charge is 2.13. The van der Waals surface area contributed by atoms with Gasteiger partial charge in [0.15, 0.2) is 0 Å². The van der Waals surface area contributed by atoms with Gasteiger partial charge in [0.05, 0.1) is 6.04 Å². The lowest BCUT2D eigenvalue weighted by Gasteiger charge is -2.14. The largest absolute Gasteiger partial charge is 0.328 e. The molecule has 0 radical (unpaired) electrons. The van der Waals surface area contributed by atoms with Gasteiger partial charge in [-0.25, -0.2) is 9.67 Å². The van der Waals surface area contributed by atoms with Crippen LogP contribution in [0.1, 0.15) is 17.4 Å². The van der Waals surface area contributed by atoms with E-state index in [2.05, 4.69) is 15.1 Å². The van der Waals surface area contributed by atoms with Gasteiger partial charge in [-0.05, 0) is 17.7 Å². The van der Waals surface area contributed by atoms with Crippen LogP contribution in [0, 0.1) is 11.3 Å². The van der Waals surface area contributed by atoms with Crippen molar-refractivity contribution in [3.05, 3.63) is 42.2 Å². The second-order valence-electron chi connectivity index (χ2n) is 3.19. The summed E-state index contributed by atoms with van der Waals surface area (Å²) >= 11 is 0. The molecule has 0 fully saturated rings. The number of hydrogen-bond acceptors (Lipinski definition) is 5. The van der Waals surface area contributed by atoms with Crippen LogP contribution < -0.4 is 5.73 Å². The number of aromatic nitrogens is 4. The molecule has 0 bridgehead atoms. The minimum atomic E-state index is -0.113. The predicted octanol–water partition coefficient (Wildman–Crippen LogP) is 0.0929. The minimum Gasteiger partial charge on any atom is -0.328 e. The molecule has 2 rings (SSSR count). The highest BCUT2D eigenvalue weighted by atomic mass is 15.3. The van der Waals surface area contributed by atoms with Crippen molar-refractivity contribution in [2.75, 3.05) is 6.54 Å². The van der Waals surface area contributed by atoms with Crippen LogP contribution >= 0.6 is 0 Å². The fourth-order valence-corrected chi connectivity index (χ4v) is 1.46. The van der Waals surface area contributed by atoms with E-state index in [1.54, 1.807) is 17.1 Å². The monoisotopic (exact) mass is 214 g/mol.